The monoisotopic (exact) mass is 478 g/mol. The van der Waals surface area contributed by atoms with E-state index in [0.717, 1.165) is 49.9 Å². The Morgan fingerprint density at radius 1 is 0.971 bits per heavy atom. The molecule has 2 bridgehead atoms. The minimum Gasteiger partial charge on any atom is -0.356 e. The molecule has 180 valence electrons. The molecule has 1 unspecified atom stereocenters. The summed E-state index contributed by atoms with van der Waals surface area (Å²) in [5.41, 5.74) is 1.76. The fourth-order valence-corrected chi connectivity index (χ4v) is 5.87. The van der Waals surface area contributed by atoms with Gasteiger partial charge < -0.3 is 4.90 Å². The highest BCUT2D eigenvalue weighted by Gasteiger charge is 2.40. The second-order valence-electron chi connectivity index (χ2n) is 9.68. The maximum atomic E-state index is 14.5. The van der Waals surface area contributed by atoms with Crippen LogP contribution in [0.2, 0.25) is 0 Å². The Bertz CT molecular complexity index is 1390. The van der Waals surface area contributed by atoms with Crippen molar-refractivity contribution in [2.75, 3.05) is 18.0 Å². The molecule has 0 amide bonds. The topological polar surface area (TPSA) is 59.2 Å². The number of piperidine rings is 1. The summed E-state index contributed by atoms with van der Waals surface area (Å²) in [7, 11) is 0. The quantitative estimate of drug-likeness (QED) is 0.386. The van der Waals surface area contributed by atoms with Crippen LogP contribution in [0.1, 0.15) is 30.8 Å². The molecule has 6 nitrogen and oxygen atoms in total. The van der Waals surface area contributed by atoms with Crippen LogP contribution in [0.15, 0.2) is 42.9 Å². The third-order valence-corrected chi connectivity index (χ3v) is 7.53. The van der Waals surface area contributed by atoms with Gasteiger partial charge in [0, 0.05) is 48.6 Å². The molecule has 4 heterocycles. The number of halogens is 3. The van der Waals surface area contributed by atoms with Gasteiger partial charge in [-0.05, 0) is 61.8 Å². The third kappa shape index (κ3) is 3.92. The zero-order valence-corrected chi connectivity index (χ0v) is 19.3. The highest BCUT2D eigenvalue weighted by Crippen LogP contribution is 2.42. The first kappa shape index (κ1) is 22.0. The Morgan fingerprint density at radius 3 is 2.54 bits per heavy atom. The lowest BCUT2D eigenvalue weighted by Crippen LogP contribution is -2.49. The zero-order valence-electron chi connectivity index (χ0n) is 19.3. The predicted molar refractivity (Wildman–Crippen MR) is 125 cm³/mol. The van der Waals surface area contributed by atoms with Crippen molar-refractivity contribution < 1.29 is 13.2 Å². The van der Waals surface area contributed by atoms with Gasteiger partial charge in [-0.15, -0.1) is 0 Å². The van der Waals surface area contributed by atoms with Crippen LogP contribution in [0, 0.1) is 42.1 Å². The zero-order chi connectivity index (χ0) is 24.1. The van der Waals surface area contributed by atoms with E-state index in [0.29, 0.717) is 34.8 Å². The van der Waals surface area contributed by atoms with Crippen molar-refractivity contribution in [1.82, 2.24) is 24.6 Å². The molecule has 2 aliphatic rings. The number of anilines is 1. The van der Waals surface area contributed by atoms with Gasteiger partial charge in [-0.25, -0.2) is 32.6 Å². The van der Waals surface area contributed by atoms with Crippen molar-refractivity contribution in [3.8, 4) is 11.1 Å². The van der Waals surface area contributed by atoms with Crippen molar-refractivity contribution in [2.24, 2.45) is 17.8 Å². The van der Waals surface area contributed by atoms with Gasteiger partial charge in [-0.2, -0.15) is 5.10 Å². The molecule has 3 atom stereocenters. The lowest BCUT2D eigenvalue weighted by atomic mass is 9.67. The summed E-state index contributed by atoms with van der Waals surface area (Å²) < 4.78 is 43.5. The number of hydrogen-bond donors (Lipinski definition) is 0. The van der Waals surface area contributed by atoms with Crippen LogP contribution in [0.3, 0.4) is 0 Å². The molecular formula is C26H25F3N6. The maximum Gasteiger partial charge on any atom is 0.195 e. The van der Waals surface area contributed by atoms with Gasteiger partial charge in [0.2, 0.25) is 0 Å². The Hall–Kier alpha value is -3.49. The van der Waals surface area contributed by atoms with E-state index < -0.39 is 17.5 Å². The summed E-state index contributed by atoms with van der Waals surface area (Å²) in [6, 6.07) is 7.58. The number of rotatable bonds is 4. The minimum absolute atomic E-state index is 0.0289. The van der Waals surface area contributed by atoms with E-state index in [1.807, 2.05) is 13.0 Å². The van der Waals surface area contributed by atoms with E-state index in [-0.39, 0.29) is 5.56 Å². The first-order valence-electron chi connectivity index (χ1n) is 12.0. The highest BCUT2D eigenvalue weighted by atomic mass is 19.2. The first-order chi connectivity index (χ1) is 17.0. The average Bonchev–Trinajstić information content (AvgIpc) is 3.25. The van der Waals surface area contributed by atoms with E-state index >= 15 is 0 Å². The minimum atomic E-state index is -1.48. The maximum absolute atomic E-state index is 14.5. The molecule has 1 saturated heterocycles. The van der Waals surface area contributed by atoms with Gasteiger partial charge in [0.05, 0.1) is 0 Å². The number of benzene rings is 1. The Balaban J connectivity index is 1.29. The molecule has 9 heteroatoms. The summed E-state index contributed by atoms with van der Waals surface area (Å²) in [6.45, 7) is 3.86. The van der Waals surface area contributed by atoms with Crippen molar-refractivity contribution in [3.05, 3.63) is 71.8 Å². The molecule has 1 aromatic carbocycles. The normalized spacial score (nSPS) is 22.1. The lowest BCUT2D eigenvalue weighted by molar-refractivity contribution is 0.123. The number of nitrogens with zero attached hydrogens (tertiary/aromatic N) is 6. The average molecular weight is 479 g/mol. The molecule has 6 rings (SSSR count). The molecule has 0 spiro atoms. The van der Waals surface area contributed by atoms with E-state index in [4.69, 9.17) is 4.98 Å². The molecule has 3 aromatic heterocycles. The molecule has 4 aromatic rings. The van der Waals surface area contributed by atoms with Gasteiger partial charge in [-0.1, -0.05) is 6.42 Å². The smallest absolute Gasteiger partial charge is 0.195 e. The summed E-state index contributed by atoms with van der Waals surface area (Å²) in [5.74, 6) is -0.781. The van der Waals surface area contributed by atoms with Crippen LogP contribution < -0.4 is 4.90 Å². The van der Waals surface area contributed by atoms with Crippen molar-refractivity contribution in [3.63, 3.8) is 0 Å². The lowest BCUT2D eigenvalue weighted by Gasteiger charge is -2.47. The van der Waals surface area contributed by atoms with Crippen LogP contribution in [0.25, 0.3) is 16.8 Å². The van der Waals surface area contributed by atoms with Crippen LogP contribution in [0.4, 0.5) is 19.0 Å². The summed E-state index contributed by atoms with van der Waals surface area (Å²) in [4.78, 5) is 15.8. The summed E-state index contributed by atoms with van der Waals surface area (Å²) >= 11 is 0. The molecule has 0 N–H and O–H groups in total. The van der Waals surface area contributed by atoms with Gasteiger partial charge in [0.1, 0.15) is 12.1 Å². The van der Waals surface area contributed by atoms with Crippen molar-refractivity contribution >= 4 is 11.5 Å². The van der Waals surface area contributed by atoms with Crippen LogP contribution >= 0.6 is 0 Å². The molecule has 0 radical (unpaired) electrons. The molecular weight excluding hydrogens is 453 g/mol. The van der Waals surface area contributed by atoms with Gasteiger partial charge in [0.25, 0.3) is 0 Å². The Kier molecular flexibility index (Phi) is 5.42. The second kappa shape index (κ2) is 8.62. The first-order valence-corrected chi connectivity index (χ1v) is 12.0. The number of hydrogen-bond acceptors (Lipinski definition) is 5. The summed E-state index contributed by atoms with van der Waals surface area (Å²) in [6.07, 6.45) is 7.63. The highest BCUT2D eigenvalue weighted by molar-refractivity contribution is 5.77. The van der Waals surface area contributed by atoms with Crippen molar-refractivity contribution in [2.45, 2.75) is 32.6 Å². The molecule has 1 aliphatic carbocycles. The van der Waals surface area contributed by atoms with Gasteiger partial charge >= 0.3 is 0 Å². The number of aromatic nitrogens is 5. The number of fused-ring (bicyclic) bond motifs is 3. The van der Waals surface area contributed by atoms with Crippen LogP contribution in [0.5, 0.6) is 0 Å². The van der Waals surface area contributed by atoms with E-state index in [9.17, 15) is 13.2 Å². The summed E-state index contributed by atoms with van der Waals surface area (Å²) in [5, 5.41) is 4.66. The standard InChI is InChI=1S/C26H25F3N6/c1-15-10-23(31-14-30-15)34-12-16-4-2-5-17(13-34)20(16)11-22-32-26-19(6-3-9-35(26)33-22)18-7-8-21(27)25(29)24(18)28/h3,6-10,14,16-17,20H,2,4-5,11-13H2,1H3/t16-,17+,20?. The second-order valence-corrected chi connectivity index (χ2v) is 9.68. The molecule has 1 saturated carbocycles. The van der Waals surface area contributed by atoms with E-state index in [1.165, 1.54) is 12.5 Å². The SMILES string of the molecule is Cc1cc(N2C[C@H]3CCC[C@@H](C2)C3Cc2nc3c(-c4ccc(F)c(F)c4F)cccn3n2)ncn1. The fraction of sp³-hybridized carbons (Fsp3) is 0.385. The number of aryl methyl sites for hydroxylation is 1. The van der Waals surface area contributed by atoms with Crippen LogP contribution in [-0.2, 0) is 6.42 Å². The largest absolute Gasteiger partial charge is 0.356 e. The third-order valence-electron chi connectivity index (χ3n) is 7.53. The van der Waals surface area contributed by atoms with E-state index in [2.05, 4.69) is 20.0 Å². The van der Waals surface area contributed by atoms with Crippen LogP contribution in [-0.4, -0.2) is 37.7 Å². The van der Waals surface area contributed by atoms with Gasteiger partial charge in [0.15, 0.2) is 28.9 Å². The van der Waals surface area contributed by atoms with E-state index in [1.54, 1.807) is 29.2 Å². The molecule has 1 aliphatic heterocycles. The number of pyridine rings is 1. The molecule has 35 heavy (non-hydrogen) atoms. The molecule has 2 fully saturated rings. The van der Waals surface area contributed by atoms with Crippen molar-refractivity contribution in [1.29, 1.82) is 0 Å². The Labute approximate surface area is 200 Å². The predicted octanol–water partition coefficient (Wildman–Crippen LogP) is 5.01. The van der Waals surface area contributed by atoms with Gasteiger partial charge in [-0.3, -0.25) is 0 Å². The Morgan fingerprint density at radius 2 is 1.77 bits per heavy atom. The fourth-order valence-electron chi connectivity index (χ4n) is 5.87.